The van der Waals surface area contributed by atoms with E-state index in [9.17, 15) is 18.0 Å². The van der Waals surface area contributed by atoms with E-state index in [1.165, 1.54) is 28.6 Å². The summed E-state index contributed by atoms with van der Waals surface area (Å²) < 4.78 is 33.8. The van der Waals surface area contributed by atoms with E-state index < -0.39 is 16.0 Å². The summed E-state index contributed by atoms with van der Waals surface area (Å²) in [6, 6.07) is 6.01. The van der Waals surface area contributed by atoms with Crippen LogP contribution in [0.3, 0.4) is 0 Å². The monoisotopic (exact) mass is 482 g/mol. The van der Waals surface area contributed by atoms with Crippen LogP contribution >= 0.6 is 11.6 Å². The molecule has 1 fully saturated rings. The highest BCUT2D eigenvalue weighted by molar-refractivity contribution is 7.89. The van der Waals surface area contributed by atoms with Gasteiger partial charge in [-0.05, 0) is 57.9 Å². The number of amides is 1. The molecule has 1 aliphatic rings. The summed E-state index contributed by atoms with van der Waals surface area (Å²) >= 11 is 5.85. The van der Waals surface area contributed by atoms with Crippen LogP contribution in [0.5, 0.6) is 0 Å². The van der Waals surface area contributed by atoms with Gasteiger partial charge in [-0.25, -0.2) is 13.2 Å². The van der Waals surface area contributed by atoms with Crippen LogP contribution in [-0.2, 0) is 26.1 Å². The Morgan fingerprint density at radius 2 is 1.84 bits per heavy atom. The number of hydrogen-bond donors (Lipinski definition) is 1. The molecule has 0 radical (unpaired) electrons. The highest BCUT2D eigenvalue weighted by Gasteiger charge is 2.33. The van der Waals surface area contributed by atoms with Crippen LogP contribution in [-0.4, -0.2) is 53.6 Å². The average molecular weight is 483 g/mol. The number of esters is 1. The van der Waals surface area contributed by atoms with E-state index in [1.807, 2.05) is 6.92 Å². The molecule has 0 unspecified atom stereocenters. The van der Waals surface area contributed by atoms with Crippen molar-refractivity contribution < 1.29 is 22.7 Å². The molecular weight excluding hydrogens is 456 g/mol. The molecule has 11 heteroatoms. The van der Waals surface area contributed by atoms with Crippen LogP contribution in [0.4, 0.5) is 5.69 Å². The zero-order valence-corrected chi connectivity index (χ0v) is 19.8. The minimum absolute atomic E-state index is 0.0525. The van der Waals surface area contributed by atoms with E-state index in [-0.39, 0.29) is 41.6 Å². The number of ether oxygens (including phenoxy) is 1. The number of benzene rings is 1. The first-order valence-electron chi connectivity index (χ1n) is 10.5. The van der Waals surface area contributed by atoms with Gasteiger partial charge in [0.25, 0.3) is 0 Å². The Labute approximate surface area is 192 Å². The van der Waals surface area contributed by atoms with Gasteiger partial charge in [0.1, 0.15) is 0 Å². The van der Waals surface area contributed by atoms with E-state index in [0.717, 1.165) is 0 Å². The first kappa shape index (κ1) is 24.2. The molecule has 1 N–H and O–H groups in total. The number of aromatic nitrogens is 2. The second kappa shape index (κ2) is 10.0. The topological polar surface area (TPSA) is 111 Å². The summed E-state index contributed by atoms with van der Waals surface area (Å²) in [6.07, 6.45) is 2.01. The highest BCUT2D eigenvalue weighted by atomic mass is 35.5. The number of rotatable bonds is 7. The second-order valence-corrected chi connectivity index (χ2v) is 10.2. The van der Waals surface area contributed by atoms with Gasteiger partial charge in [0.2, 0.25) is 15.9 Å². The fourth-order valence-electron chi connectivity index (χ4n) is 3.44. The molecule has 2 heterocycles. The number of anilines is 1. The number of carbonyl (C=O) groups excluding carboxylic acids is 2. The average Bonchev–Trinajstić information content (AvgIpc) is 3.16. The van der Waals surface area contributed by atoms with Crippen LogP contribution in [0.15, 0.2) is 35.4 Å². The zero-order valence-electron chi connectivity index (χ0n) is 18.2. The minimum atomic E-state index is -3.65. The first-order valence-corrected chi connectivity index (χ1v) is 12.3. The molecule has 174 valence electrons. The van der Waals surface area contributed by atoms with Gasteiger partial charge in [0, 0.05) is 36.8 Å². The summed E-state index contributed by atoms with van der Waals surface area (Å²) in [4.78, 5) is 25.4. The fraction of sp³-hybridized carbons (Fsp3) is 0.476. The van der Waals surface area contributed by atoms with E-state index in [1.54, 1.807) is 24.7 Å². The smallest absolute Gasteiger partial charge is 0.361 e. The predicted octanol–water partition coefficient (Wildman–Crippen LogP) is 3.16. The number of hydrogen-bond acceptors (Lipinski definition) is 6. The Morgan fingerprint density at radius 1 is 1.22 bits per heavy atom. The Kier molecular flexibility index (Phi) is 7.58. The SMILES string of the molecule is CCn1cc(NC(=O)C2CCN(S(=O)(=O)c3ccc(Cl)cc3)CC2)c(C(=O)OC(C)C)n1. The molecule has 3 rings (SSSR count). The third-order valence-corrected chi connectivity index (χ3v) is 7.32. The predicted molar refractivity (Wildman–Crippen MR) is 120 cm³/mol. The number of nitrogens with one attached hydrogen (secondary N) is 1. The summed E-state index contributed by atoms with van der Waals surface area (Å²) in [5.74, 6) is -1.26. The van der Waals surface area contributed by atoms with Gasteiger partial charge in [-0.1, -0.05) is 11.6 Å². The largest absolute Gasteiger partial charge is 0.458 e. The van der Waals surface area contributed by atoms with Gasteiger partial charge >= 0.3 is 5.97 Å². The lowest BCUT2D eigenvalue weighted by atomic mass is 9.97. The normalized spacial score (nSPS) is 15.7. The zero-order chi connectivity index (χ0) is 23.5. The summed E-state index contributed by atoms with van der Waals surface area (Å²) in [5.41, 5.74) is 0.343. The molecule has 2 aromatic rings. The first-order chi connectivity index (χ1) is 15.1. The number of piperidine rings is 1. The van der Waals surface area contributed by atoms with Gasteiger partial charge in [0.15, 0.2) is 5.69 Å². The van der Waals surface area contributed by atoms with Gasteiger partial charge in [-0.2, -0.15) is 9.40 Å². The highest BCUT2D eigenvalue weighted by Crippen LogP contribution is 2.26. The second-order valence-electron chi connectivity index (χ2n) is 7.82. The summed E-state index contributed by atoms with van der Waals surface area (Å²) in [7, 11) is -3.65. The van der Waals surface area contributed by atoms with Crippen molar-refractivity contribution in [1.82, 2.24) is 14.1 Å². The number of carbonyl (C=O) groups is 2. The summed E-state index contributed by atoms with van der Waals surface area (Å²) in [6.45, 7) is 6.31. The maximum Gasteiger partial charge on any atom is 0.361 e. The Bertz CT molecular complexity index is 1070. The van der Waals surface area contributed by atoms with Gasteiger partial charge in [-0.15, -0.1) is 0 Å². The third-order valence-electron chi connectivity index (χ3n) is 5.16. The molecule has 1 amide bonds. The molecular formula is C21H27ClN4O5S. The minimum Gasteiger partial charge on any atom is -0.458 e. The van der Waals surface area contributed by atoms with Crippen molar-refractivity contribution in [1.29, 1.82) is 0 Å². The van der Waals surface area contributed by atoms with E-state index in [0.29, 0.717) is 30.1 Å². The van der Waals surface area contributed by atoms with E-state index in [4.69, 9.17) is 16.3 Å². The van der Waals surface area contributed by atoms with Crippen molar-refractivity contribution >= 4 is 39.2 Å². The van der Waals surface area contributed by atoms with Crippen LogP contribution in [0.25, 0.3) is 0 Å². The van der Waals surface area contributed by atoms with Gasteiger partial charge in [0.05, 0.1) is 16.7 Å². The fourth-order valence-corrected chi connectivity index (χ4v) is 5.04. The standard InChI is InChI=1S/C21H27ClN4O5S/c1-4-25-13-18(19(24-25)21(28)31-14(2)3)23-20(27)15-9-11-26(12-10-15)32(29,30)17-7-5-16(22)6-8-17/h5-8,13-15H,4,9-12H2,1-3H3,(H,23,27). The van der Waals surface area contributed by atoms with E-state index in [2.05, 4.69) is 10.4 Å². The molecule has 1 saturated heterocycles. The molecule has 0 aliphatic carbocycles. The summed E-state index contributed by atoms with van der Waals surface area (Å²) in [5, 5.41) is 7.43. The molecule has 0 saturated carbocycles. The number of nitrogens with zero attached hydrogens (tertiary/aromatic N) is 3. The molecule has 0 bridgehead atoms. The molecule has 0 atom stereocenters. The van der Waals surface area contributed by atoms with E-state index >= 15 is 0 Å². The van der Waals surface area contributed by atoms with Crippen LogP contribution in [0.1, 0.15) is 44.1 Å². The lowest BCUT2D eigenvalue weighted by Gasteiger charge is -2.30. The molecule has 0 spiro atoms. The van der Waals surface area contributed by atoms with Crippen molar-refractivity contribution in [2.45, 2.75) is 51.2 Å². The number of halogens is 1. The Hall–Kier alpha value is -2.43. The van der Waals surface area contributed by atoms with Crippen LogP contribution < -0.4 is 5.32 Å². The molecule has 1 aromatic heterocycles. The van der Waals surface area contributed by atoms with Crippen molar-refractivity contribution in [3.63, 3.8) is 0 Å². The Morgan fingerprint density at radius 3 is 2.41 bits per heavy atom. The number of aryl methyl sites for hydroxylation is 1. The van der Waals surface area contributed by atoms with Crippen molar-refractivity contribution in [2.75, 3.05) is 18.4 Å². The maximum absolute atomic E-state index is 12.8. The number of sulfonamides is 1. The maximum atomic E-state index is 12.8. The molecule has 1 aromatic carbocycles. The molecule has 32 heavy (non-hydrogen) atoms. The lowest BCUT2D eigenvalue weighted by molar-refractivity contribution is -0.120. The van der Waals surface area contributed by atoms with Gasteiger partial charge < -0.3 is 10.1 Å². The van der Waals surface area contributed by atoms with Crippen LogP contribution in [0, 0.1) is 5.92 Å². The van der Waals surface area contributed by atoms with Crippen molar-refractivity contribution in [3.05, 3.63) is 41.2 Å². The Balaban J connectivity index is 1.65. The quantitative estimate of drug-likeness (QED) is 0.607. The third kappa shape index (κ3) is 5.48. The lowest BCUT2D eigenvalue weighted by Crippen LogP contribution is -2.41. The van der Waals surface area contributed by atoms with Crippen LogP contribution in [0.2, 0.25) is 5.02 Å². The van der Waals surface area contributed by atoms with Gasteiger partial charge in [-0.3, -0.25) is 9.48 Å². The van der Waals surface area contributed by atoms with Crippen molar-refractivity contribution in [2.24, 2.45) is 5.92 Å². The molecule has 1 aliphatic heterocycles. The van der Waals surface area contributed by atoms with Crippen molar-refractivity contribution in [3.8, 4) is 0 Å². The molecule has 9 nitrogen and oxygen atoms in total.